The summed E-state index contributed by atoms with van der Waals surface area (Å²) in [6, 6.07) is 19.4. The lowest BCUT2D eigenvalue weighted by Crippen LogP contribution is -1.92. The molecule has 3 aromatic rings. The van der Waals surface area contributed by atoms with Gasteiger partial charge >= 0.3 is 0 Å². The summed E-state index contributed by atoms with van der Waals surface area (Å²) in [4.78, 5) is 4.11. The Morgan fingerprint density at radius 2 is 1.19 bits per heavy atom. The van der Waals surface area contributed by atoms with E-state index in [0.29, 0.717) is 11.3 Å². The van der Waals surface area contributed by atoms with Crippen molar-refractivity contribution in [1.82, 2.24) is 4.98 Å². The number of benzene rings is 2. The van der Waals surface area contributed by atoms with Gasteiger partial charge in [0.1, 0.15) is 0 Å². The van der Waals surface area contributed by atoms with Gasteiger partial charge in [0.05, 0.1) is 5.69 Å². The van der Waals surface area contributed by atoms with Crippen LogP contribution in [0.25, 0.3) is 22.4 Å². The van der Waals surface area contributed by atoms with E-state index in [1.807, 2.05) is 68.4 Å². The molecule has 0 saturated heterocycles. The monoisotopic (exact) mass is 277 g/mol. The quantitative estimate of drug-likeness (QED) is 0.589. The molecule has 0 atom stereocenters. The first-order chi connectivity index (χ1) is 10.1. The molecule has 0 spiro atoms. The molecule has 0 N–H and O–H groups in total. The van der Waals surface area contributed by atoms with E-state index < -0.39 is 5.95 Å². The standard InChI is InChI=1S/C19H16FN/c1-13-3-7-15(8-4-13)17-11-12-18(21-19(17)20)16-9-5-14(2)6-10-16/h3-12H,1-2H3. The average molecular weight is 277 g/mol. The molecule has 0 saturated carbocycles. The number of rotatable bonds is 2. The second-order valence-electron chi connectivity index (χ2n) is 5.27. The van der Waals surface area contributed by atoms with Gasteiger partial charge in [0.2, 0.25) is 5.95 Å². The van der Waals surface area contributed by atoms with Gasteiger partial charge in [0.25, 0.3) is 0 Å². The van der Waals surface area contributed by atoms with Crippen LogP contribution in [0.3, 0.4) is 0 Å². The van der Waals surface area contributed by atoms with Gasteiger partial charge in [-0.15, -0.1) is 0 Å². The van der Waals surface area contributed by atoms with Crippen LogP contribution in [-0.4, -0.2) is 4.98 Å². The van der Waals surface area contributed by atoms with Crippen LogP contribution in [0.2, 0.25) is 0 Å². The molecule has 0 aliphatic carbocycles. The van der Waals surface area contributed by atoms with Crippen LogP contribution >= 0.6 is 0 Å². The number of aryl methyl sites for hydroxylation is 2. The third-order valence-corrected chi connectivity index (χ3v) is 3.56. The van der Waals surface area contributed by atoms with Crippen LogP contribution in [0.4, 0.5) is 4.39 Å². The zero-order valence-corrected chi connectivity index (χ0v) is 12.1. The molecule has 0 amide bonds. The Labute approximate surface area is 124 Å². The molecule has 2 aromatic carbocycles. The Balaban J connectivity index is 1.99. The molecule has 0 aliphatic rings. The van der Waals surface area contributed by atoms with Crippen molar-refractivity contribution in [1.29, 1.82) is 0 Å². The Morgan fingerprint density at radius 1 is 0.667 bits per heavy atom. The van der Waals surface area contributed by atoms with Gasteiger partial charge < -0.3 is 0 Å². The summed E-state index contributed by atoms with van der Waals surface area (Å²) >= 11 is 0. The third-order valence-electron chi connectivity index (χ3n) is 3.56. The Hall–Kier alpha value is -2.48. The lowest BCUT2D eigenvalue weighted by molar-refractivity contribution is 0.589. The summed E-state index contributed by atoms with van der Waals surface area (Å²) in [7, 11) is 0. The fourth-order valence-corrected chi connectivity index (χ4v) is 2.27. The molecule has 3 rings (SSSR count). The van der Waals surface area contributed by atoms with Crippen molar-refractivity contribution in [2.24, 2.45) is 0 Å². The van der Waals surface area contributed by atoms with Crippen LogP contribution in [0.5, 0.6) is 0 Å². The summed E-state index contributed by atoms with van der Waals surface area (Å²) in [5, 5.41) is 0. The Kier molecular flexibility index (Phi) is 3.53. The zero-order valence-electron chi connectivity index (χ0n) is 12.1. The third kappa shape index (κ3) is 2.84. The molecule has 1 aromatic heterocycles. The van der Waals surface area contributed by atoms with Crippen LogP contribution in [-0.2, 0) is 0 Å². The number of nitrogens with zero attached hydrogens (tertiary/aromatic N) is 1. The van der Waals surface area contributed by atoms with Crippen molar-refractivity contribution >= 4 is 0 Å². The van der Waals surface area contributed by atoms with E-state index in [0.717, 1.165) is 16.7 Å². The van der Waals surface area contributed by atoms with Gasteiger partial charge in [-0.1, -0.05) is 59.7 Å². The second-order valence-corrected chi connectivity index (χ2v) is 5.27. The summed E-state index contributed by atoms with van der Waals surface area (Å²) in [5.41, 5.74) is 5.30. The number of aromatic nitrogens is 1. The molecule has 21 heavy (non-hydrogen) atoms. The van der Waals surface area contributed by atoms with Crippen molar-refractivity contribution in [3.05, 3.63) is 77.7 Å². The first kappa shape index (κ1) is 13.5. The highest BCUT2D eigenvalue weighted by atomic mass is 19.1. The van der Waals surface area contributed by atoms with Crippen molar-refractivity contribution < 1.29 is 4.39 Å². The number of hydrogen-bond acceptors (Lipinski definition) is 1. The average Bonchev–Trinajstić information content (AvgIpc) is 2.49. The van der Waals surface area contributed by atoms with Crippen LogP contribution in [0, 0.1) is 19.8 Å². The predicted octanol–water partition coefficient (Wildman–Crippen LogP) is 5.17. The molecular formula is C19H16FN. The van der Waals surface area contributed by atoms with Crippen LogP contribution in [0.15, 0.2) is 60.7 Å². The zero-order chi connectivity index (χ0) is 14.8. The van der Waals surface area contributed by atoms with Crippen molar-refractivity contribution in [2.75, 3.05) is 0 Å². The highest BCUT2D eigenvalue weighted by Crippen LogP contribution is 2.25. The second kappa shape index (κ2) is 5.49. The van der Waals surface area contributed by atoms with E-state index in [1.165, 1.54) is 5.56 Å². The number of pyridine rings is 1. The van der Waals surface area contributed by atoms with Crippen LogP contribution < -0.4 is 0 Å². The maximum absolute atomic E-state index is 14.3. The molecule has 0 aliphatic heterocycles. The fraction of sp³-hybridized carbons (Fsp3) is 0.105. The summed E-state index contributed by atoms with van der Waals surface area (Å²) in [5.74, 6) is -0.433. The maximum atomic E-state index is 14.3. The highest BCUT2D eigenvalue weighted by molar-refractivity contribution is 5.67. The van der Waals surface area contributed by atoms with E-state index in [1.54, 1.807) is 6.07 Å². The lowest BCUT2D eigenvalue weighted by Gasteiger charge is -2.06. The van der Waals surface area contributed by atoms with E-state index in [4.69, 9.17) is 0 Å². The smallest absolute Gasteiger partial charge is 0.219 e. The van der Waals surface area contributed by atoms with E-state index in [9.17, 15) is 4.39 Å². The minimum atomic E-state index is -0.433. The molecule has 0 radical (unpaired) electrons. The largest absolute Gasteiger partial charge is 0.221 e. The van der Waals surface area contributed by atoms with Crippen LogP contribution in [0.1, 0.15) is 11.1 Å². The first-order valence-electron chi connectivity index (χ1n) is 6.94. The SMILES string of the molecule is Cc1ccc(-c2ccc(-c3ccc(C)cc3)c(F)n2)cc1. The van der Waals surface area contributed by atoms with Gasteiger partial charge in [0.15, 0.2) is 0 Å². The molecule has 0 unspecified atom stereocenters. The van der Waals surface area contributed by atoms with Crippen molar-refractivity contribution in [2.45, 2.75) is 13.8 Å². The summed E-state index contributed by atoms with van der Waals surface area (Å²) in [6.07, 6.45) is 0. The lowest BCUT2D eigenvalue weighted by atomic mass is 10.0. The molecule has 0 bridgehead atoms. The molecule has 0 fully saturated rings. The normalized spacial score (nSPS) is 10.6. The number of hydrogen-bond donors (Lipinski definition) is 0. The van der Waals surface area contributed by atoms with Gasteiger partial charge in [0, 0.05) is 11.1 Å². The van der Waals surface area contributed by atoms with Crippen molar-refractivity contribution in [3.8, 4) is 22.4 Å². The molecule has 104 valence electrons. The van der Waals surface area contributed by atoms with Crippen molar-refractivity contribution in [3.63, 3.8) is 0 Å². The van der Waals surface area contributed by atoms with E-state index in [2.05, 4.69) is 4.98 Å². The minimum Gasteiger partial charge on any atom is -0.219 e. The molecular weight excluding hydrogens is 261 g/mol. The maximum Gasteiger partial charge on any atom is 0.221 e. The van der Waals surface area contributed by atoms with Gasteiger partial charge in [-0.3, -0.25) is 0 Å². The van der Waals surface area contributed by atoms with E-state index >= 15 is 0 Å². The van der Waals surface area contributed by atoms with E-state index in [-0.39, 0.29) is 0 Å². The highest BCUT2D eigenvalue weighted by Gasteiger charge is 2.08. The topological polar surface area (TPSA) is 12.9 Å². The molecule has 2 heteroatoms. The summed E-state index contributed by atoms with van der Waals surface area (Å²) in [6.45, 7) is 4.04. The summed E-state index contributed by atoms with van der Waals surface area (Å²) < 4.78 is 14.3. The first-order valence-corrected chi connectivity index (χ1v) is 6.94. The molecule has 1 nitrogen and oxygen atoms in total. The number of halogens is 1. The van der Waals surface area contributed by atoms with Gasteiger partial charge in [-0.2, -0.15) is 4.39 Å². The predicted molar refractivity (Wildman–Crippen MR) is 84.5 cm³/mol. The minimum absolute atomic E-state index is 0.433. The Morgan fingerprint density at radius 3 is 1.71 bits per heavy atom. The molecule has 1 heterocycles. The Bertz CT molecular complexity index is 759. The van der Waals surface area contributed by atoms with Gasteiger partial charge in [-0.05, 0) is 31.5 Å². The van der Waals surface area contributed by atoms with Gasteiger partial charge in [-0.25, -0.2) is 4.98 Å². The fourth-order valence-electron chi connectivity index (χ4n) is 2.27.